The number of aliphatic hydroxyl groups is 1. The van der Waals surface area contributed by atoms with Gasteiger partial charge in [0.1, 0.15) is 34.6 Å². The Kier molecular flexibility index (Phi) is 4.73. The van der Waals surface area contributed by atoms with Gasteiger partial charge in [0.2, 0.25) is 0 Å². The first kappa shape index (κ1) is 20.0. The van der Waals surface area contributed by atoms with Crippen LogP contribution in [0, 0.1) is 0 Å². The van der Waals surface area contributed by atoms with Gasteiger partial charge in [0.15, 0.2) is 0 Å². The summed E-state index contributed by atoms with van der Waals surface area (Å²) in [6, 6.07) is 7.50. The minimum atomic E-state index is -1.28. The molecule has 2 atom stereocenters. The van der Waals surface area contributed by atoms with Crippen molar-refractivity contribution < 1.29 is 14.2 Å². The average molecular weight is 427 g/mol. The van der Waals surface area contributed by atoms with Crippen molar-refractivity contribution in [1.82, 2.24) is 20.0 Å². The number of aryl methyl sites for hydroxylation is 1. The number of hydrogen-bond donors (Lipinski definition) is 2. The normalized spacial score (nSPS) is 23.0. The fraction of sp³-hybridized carbons (Fsp3) is 0.500. The Bertz CT molecular complexity index is 1170. The van der Waals surface area contributed by atoms with Crippen molar-refractivity contribution in [3.05, 3.63) is 34.6 Å². The van der Waals surface area contributed by atoms with Gasteiger partial charge in [-0.2, -0.15) is 10.2 Å². The first-order valence-electron chi connectivity index (χ1n) is 10.7. The number of halogens is 1. The Morgan fingerprint density at radius 3 is 2.81 bits per heavy atom. The molecule has 1 aromatic carbocycles. The Labute approximate surface area is 178 Å². The SMILES string of the molecule is Cn1nc(-c2n[nH]c3ccc(OC4(C)CC4)cc23)cc(N2CC[C@H](O)[C@@H](F)CC2)c1=O. The molecule has 164 valence electrons. The molecule has 3 heterocycles. The number of H-pyrrole nitrogens is 1. The molecule has 2 fully saturated rings. The summed E-state index contributed by atoms with van der Waals surface area (Å²) in [5, 5.41) is 22.6. The lowest BCUT2D eigenvalue weighted by atomic mass is 10.1. The Morgan fingerprint density at radius 2 is 2.03 bits per heavy atom. The number of fused-ring (bicyclic) bond motifs is 1. The van der Waals surface area contributed by atoms with Gasteiger partial charge in [0, 0.05) is 25.5 Å². The fourth-order valence-electron chi connectivity index (χ4n) is 4.04. The summed E-state index contributed by atoms with van der Waals surface area (Å²) in [5.74, 6) is 0.774. The zero-order valence-electron chi connectivity index (χ0n) is 17.6. The number of anilines is 1. The third-order valence-corrected chi connectivity index (χ3v) is 6.27. The van der Waals surface area contributed by atoms with Gasteiger partial charge in [-0.1, -0.05) is 0 Å². The highest BCUT2D eigenvalue weighted by molar-refractivity contribution is 5.93. The van der Waals surface area contributed by atoms with Gasteiger partial charge in [0.25, 0.3) is 5.56 Å². The Balaban J connectivity index is 1.54. The van der Waals surface area contributed by atoms with Crippen LogP contribution in [0.1, 0.15) is 32.6 Å². The van der Waals surface area contributed by atoms with Crippen LogP contribution in [0.25, 0.3) is 22.3 Å². The smallest absolute Gasteiger partial charge is 0.290 e. The quantitative estimate of drug-likeness (QED) is 0.664. The predicted molar refractivity (Wildman–Crippen MR) is 115 cm³/mol. The molecule has 0 unspecified atom stereocenters. The molecule has 0 bridgehead atoms. The van der Waals surface area contributed by atoms with Crippen molar-refractivity contribution in [2.45, 2.75) is 50.5 Å². The maximum Gasteiger partial charge on any atom is 0.290 e. The van der Waals surface area contributed by atoms with Gasteiger partial charge in [-0.15, -0.1) is 0 Å². The van der Waals surface area contributed by atoms with Crippen molar-refractivity contribution in [1.29, 1.82) is 0 Å². The molecule has 0 spiro atoms. The molecule has 9 heteroatoms. The highest BCUT2D eigenvalue weighted by Crippen LogP contribution is 2.40. The number of nitrogens with one attached hydrogen (secondary N) is 1. The van der Waals surface area contributed by atoms with Gasteiger partial charge in [0.05, 0.1) is 11.6 Å². The van der Waals surface area contributed by atoms with Crippen LogP contribution < -0.4 is 15.2 Å². The number of benzene rings is 1. The molecule has 3 aromatic rings. The van der Waals surface area contributed by atoms with E-state index in [-0.39, 0.29) is 24.0 Å². The van der Waals surface area contributed by atoms with Crippen molar-refractivity contribution in [2.75, 3.05) is 18.0 Å². The van der Waals surface area contributed by atoms with E-state index in [4.69, 9.17) is 4.74 Å². The molecule has 2 N–H and O–H groups in total. The van der Waals surface area contributed by atoms with Crippen LogP contribution in [0.2, 0.25) is 0 Å². The van der Waals surface area contributed by atoms with E-state index in [1.54, 1.807) is 13.1 Å². The number of rotatable bonds is 4. The standard InChI is InChI=1S/C22H26FN5O3/c1-22(7-8-22)31-13-3-4-16-14(11-13)20(25-24-16)17-12-18(21(30)27(2)26-17)28-9-5-15(23)19(29)6-10-28/h3-4,11-12,15,19,29H,5-10H2,1-2H3,(H,24,25)/t15-,19-/m0/s1. The molecule has 31 heavy (non-hydrogen) atoms. The van der Waals surface area contributed by atoms with Crippen LogP contribution in [0.15, 0.2) is 29.1 Å². The second-order valence-electron chi connectivity index (χ2n) is 8.82. The summed E-state index contributed by atoms with van der Waals surface area (Å²) < 4.78 is 21.3. The summed E-state index contributed by atoms with van der Waals surface area (Å²) in [4.78, 5) is 14.6. The van der Waals surface area contributed by atoms with Crippen LogP contribution in [0.4, 0.5) is 10.1 Å². The Hall–Kier alpha value is -2.94. The average Bonchev–Trinajstić information content (AvgIpc) is 3.36. The minimum Gasteiger partial charge on any atom is -0.488 e. The first-order valence-corrected chi connectivity index (χ1v) is 10.7. The second-order valence-corrected chi connectivity index (χ2v) is 8.82. The predicted octanol–water partition coefficient (Wildman–Crippen LogP) is 2.55. The lowest BCUT2D eigenvalue weighted by Gasteiger charge is -2.22. The highest BCUT2D eigenvalue weighted by atomic mass is 19.1. The van der Waals surface area contributed by atoms with Crippen LogP contribution in [-0.4, -0.2) is 56.1 Å². The van der Waals surface area contributed by atoms with Crippen LogP contribution in [0.3, 0.4) is 0 Å². The Morgan fingerprint density at radius 1 is 1.26 bits per heavy atom. The molecule has 2 aromatic heterocycles. The second kappa shape index (κ2) is 7.33. The summed E-state index contributed by atoms with van der Waals surface area (Å²) in [7, 11) is 1.59. The molecule has 1 saturated carbocycles. The van der Waals surface area contributed by atoms with Crippen molar-refractivity contribution in [3.63, 3.8) is 0 Å². The first-order chi connectivity index (χ1) is 14.8. The summed E-state index contributed by atoms with van der Waals surface area (Å²) in [6.45, 7) is 2.85. The number of aliphatic hydroxyl groups excluding tert-OH is 1. The van der Waals surface area contributed by atoms with E-state index in [2.05, 4.69) is 22.2 Å². The van der Waals surface area contributed by atoms with Crippen LogP contribution in [-0.2, 0) is 7.05 Å². The lowest BCUT2D eigenvalue weighted by Crippen LogP contribution is -2.33. The number of aromatic nitrogens is 4. The molecular weight excluding hydrogens is 401 g/mol. The van der Waals surface area contributed by atoms with Gasteiger partial charge in [-0.3, -0.25) is 9.89 Å². The monoisotopic (exact) mass is 427 g/mol. The van der Waals surface area contributed by atoms with E-state index in [0.29, 0.717) is 30.2 Å². The molecule has 1 aliphatic carbocycles. The van der Waals surface area contributed by atoms with E-state index >= 15 is 0 Å². The van der Waals surface area contributed by atoms with Gasteiger partial charge in [-0.05, 0) is 56.9 Å². The zero-order chi connectivity index (χ0) is 21.8. The zero-order valence-corrected chi connectivity index (χ0v) is 17.6. The molecule has 1 aliphatic heterocycles. The van der Waals surface area contributed by atoms with Crippen LogP contribution in [0.5, 0.6) is 5.75 Å². The maximum absolute atomic E-state index is 13.9. The third kappa shape index (κ3) is 3.78. The van der Waals surface area contributed by atoms with E-state index in [9.17, 15) is 14.3 Å². The van der Waals surface area contributed by atoms with E-state index < -0.39 is 12.3 Å². The van der Waals surface area contributed by atoms with Gasteiger partial charge in [-0.25, -0.2) is 9.07 Å². The maximum atomic E-state index is 13.9. The van der Waals surface area contributed by atoms with Gasteiger partial charge < -0.3 is 14.7 Å². The number of ether oxygens (including phenoxy) is 1. The number of nitrogens with zero attached hydrogens (tertiary/aromatic N) is 4. The molecule has 0 amide bonds. The summed E-state index contributed by atoms with van der Waals surface area (Å²) in [5.41, 5.74) is 2.09. The molecule has 8 nitrogen and oxygen atoms in total. The van der Waals surface area contributed by atoms with E-state index in [0.717, 1.165) is 29.5 Å². The molecule has 0 radical (unpaired) electrons. The molecular formula is C22H26FN5O3. The van der Waals surface area contributed by atoms with Crippen molar-refractivity contribution in [3.8, 4) is 17.1 Å². The molecule has 1 saturated heterocycles. The minimum absolute atomic E-state index is 0.0920. The van der Waals surface area contributed by atoms with Crippen molar-refractivity contribution in [2.24, 2.45) is 7.05 Å². The van der Waals surface area contributed by atoms with Gasteiger partial charge >= 0.3 is 0 Å². The van der Waals surface area contributed by atoms with E-state index in [1.807, 2.05) is 23.1 Å². The topological polar surface area (TPSA) is 96.3 Å². The third-order valence-electron chi connectivity index (χ3n) is 6.27. The van der Waals surface area contributed by atoms with Crippen LogP contribution >= 0.6 is 0 Å². The summed E-state index contributed by atoms with van der Waals surface area (Å²) in [6.07, 6.45) is 0.243. The molecule has 5 rings (SSSR count). The number of alkyl halides is 1. The number of aromatic amines is 1. The fourth-order valence-corrected chi connectivity index (χ4v) is 4.04. The lowest BCUT2D eigenvalue weighted by molar-refractivity contribution is 0.0759. The largest absolute Gasteiger partial charge is 0.488 e. The highest BCUT2D eigenvalue weighted by Gasteiger charge is 2.40. The number of hydrogen-bond acceptors (Lipinski definition) is 6. The van der Waals surface area contributed by atoms with Crippen molar-refractivity contribution >= 4 is 16.6 Å². The van der Waals surface area contributed by atoms with E-state index in [1.165, 1.54) is 4.68 Å². The molecule has 2 aliphatic rings. The summed E-state index contributed by atoms with van der Waals surface area (Å²) >= 11 is 0.